The zero-order valence-corrected chi connectivity index (χ0v) is 12.9. The Hall–Kier alpha value is -0.910. The van der Waals surface area contributed by atoms with Gasteiger partial charge in [-0.2, -0.15) is 0 Å². The second kappa shape index (κ2) is 6.03. The first-order chi connectivity index (χ1) is 8.95. The summed E-state index contributed by atoms with van der Waals surface area (Å²) in [6, 6.07) is 6.06. The molecule has 4 nitrogen and oxygen atoms in total. The van der Waals surface area contributed by atoms with Crippen LogP contribution in [-0.2, 0) is 4.79 Å². The van der Waals surface area contributed by atoms with Crippen LogP contribution >= 0.6 is 15.9 Å². The summed E-state index contributed by atoms with van der Waals surface area (Å²) < 4.78 is 0.910. The predicted octanol–water partition coefficient (Wildman–Crippen LogP) is 1.98. The Morgan fingerprint density at radius 2 is 2.26 bits per heavy atom. The van der Waals surface area contributed by atoms with Gasteiger partial charge in [-0.25, -0.2) is 0 Å². The lowest BCUT2D eigenvalue weighted by molar-refractivity contribution is -0.117. The summed E-state index contributed by atoms with van der Waals surface area (Å²) in [6.07, 6.45) is 0. The third-order valence-corrected chi connectivity index (χ3v) is 4.17. The van der Waals surface area contributed by atoms with Crippen LogP contribution in [0.25, 0.3) is 0 Å². The van der Waals surface area contributed by atoms with Gasteiger partial charge in [-0.1, -0.05) is 13.0 Å². The van der Waals surface area contributed by atoms with Crippen molar-refractivity contribution in [1.82, 2.24) is 4.90 Å². The number of amides is 1. The van der Waals surface area contributed by atoms with Crippen LogP contribution in [-0.4, -0.2) is 36.5 Å². The van der Waals surface area contributed by atoms with E-state index in [0.29, 0.717) is 12.5 Å². The Balaban J connectivity index is 1.91. The van der Waals surface area contributed by atoms with E-state index in [1.165, 1.54) is 0 Å². The van der Waals surface area contributed by atoms with Gasteiger partial charge in [0.2, 0.25) is 5.91 Å². The van der Waals surface area contributed by atoms with Crippen LogP contribution in [0.1, 0.15) is 12.5 Å². The minimum atomic E-state index is 0.00542. The van der Waals surface area contributed by atoms with Crippen molar-refractivity contribution >= 4 is 27.5 Å². The van der Waals surface area contributed by atoms with Gasteiger partial charge in [0.05, 0.1) is 12.2 Å². The number of hydrogen-bond acceptors (Lipinski definition) is 3. The van der Waals surface area contributed by atoms with Gasteiger partial charge in [0.1, 0.15) is 0 Å². The SMILES string of the molecule is Cc1ccc(NC(=O)CN2CC(C)C(N)C2)c(Br)c1. The first-order valence-corrected chi connectivity index (χ1v) is 7.29. The number of benzene rings is 1. The Morgan fingerprint density at radius 1 is 1.53 bits per heavy atom. The molecule has 104 valence electrons. The zero-order chi connectivity index (χ0) is 14.0. The van der Waals surface area contributed by atoms with E-state index in [1.807, 2.05) is 25.1 Å². The molecule has 1 fully saturated rings. The summed E-state index contributed by atoms with van der Waals surface area (Å²) in [6.45, 7) is 6.23. The molecule has 1 aromatic rings. The molecule has 19 heavy (non-hydrogen) atoms. The van der Waals surface area contributed by atoms with Crippen molar-refractivity contribution in [3.05, 3.63) is 28.2 Å². The Morgan fingerprint density at radius 3 is 2.84 bits per heavy atom. The molecule has 0 radical (unpaired) electrons. The fourth-order valence-corrected chi connectivity index (χ4v) is 2.93. The molecule has 0 aliphatic carbocycles. The van der Waals surface area contributed by atoms with Crippen molar-refractivity contribution < 1.29 is 4.79 Å². The Bertz CT molecular complexity index is 468. The normalized spacial score (nSPS) is 23.6. The lowest BCUT2D eigenvalue weighted by atomic mass is 10.1. The van der Waals surface area contributed by atoms with Gasteiger partial charge in [0.25, 0.3) is 0 Å². The molecule has 1 aliphatic rings. The lowest BCUT2D eigenvalue weighted by Gasteiger charge is -2.15. The predicted molar refractivity (Wildman–Crippen MR) is 81.1 cm³/mol. The Labute approximate surface area is 122 Å². The van der Waals surface area contributed by atoms with E-state index in [4.69, 9.17) is 5.73 Å². The quantitative estimate of drug-likeness (QED) is 0.893. The van der Waals surface area contributed by atoms with Crippen LogP contribution in [0.2, 0.25) is 0 Å². The summed E-state index contributed by atoms with van der Waals surface area (Å²) in [4.78, 5) is 14.1. The molecule has 0 bridgehead atoms. The highest BCUT2D eigenvalue weighted by Crippen LogP contribution is 2.23. The molecule has 2 unspecified atom stereocenters. The number of nitrogens with zero attached hydrogens (tertiary/aromatic N) is 1. The fourth-order valence-electron chi connectivity index (χ4n) is 2.34. The smallest absolute Gasteiger partial charge is 0.238 e. The number of halogens is 1. The van der Waals surface area contributed by atoms with E-state index in [9.17, 15) is 4.79 Å². The molecule has 2 atom stereocenters. The van der Waals surface area contributed by atoms with Crippen molar-refractivity contribution in [2.75, 3.05) is 25.0 Å². The lowest BCUT2D eigenvalue weighted by Crippen LogP contribution is -2.33. The largest absolute Gasteiger partial charge is 0.326 e. The number of rotatable bonds is 3. The number of likely N-dealkylation sites (tertiary alicyclic amines) is 1. The van der Waals surface area contributed by atoms with Crippen molar-refractivity contribution in [2.45, 2.75) is 19.9 Å². The number of carbonyl (C=O) groups excluding carboxylic acids is 1. The molecule has 1 heterocycles. The van der Waals surface area contributed by atoms with Crippen molar-refractivity contribution in [2.24, 2.45) is 11.7 Å². The summed E-state index contributed by atoms with van der Waals surface area (Å²) >= 11 is 3.46. The van der Waals surface area contributed by atoms with Crippen LogP contribution in [0.5, 0.6) is 0 Å². The average molecular weight is 326 g/mol. The number of hydrogen-bond donors (Lipinski definition) is 2. The maximum atomic E-state index is 12.0. The highest BCUT2D eigenvalue weighted by atomic mass is 79.9. The monoisotopic (exact) mass is 325 g/mol. The van der Waals surface area contributed by atoms with Crippen LogP contribution in [0.15, 0.2) is 22.7 Å². The highest BCUT2D eigenvalue weighted by Gasteiger charge is 2.27. The molecule has 1 amide bonds. The van der Waals surface area contributed by atoms with Gasteiger partial charge in [-0.05, 0) is 46.5 Å². The van der Waals surface area contributed by atoms with E-state index in [-0.39, 0.29) is 11.9 Å². The molecule has 5 heteroatoms. The molecule has 2 rings (SSSR count). The van der Waals surface area contributed by atoms with Gasteiger partial charge >= 0.3 is 0 Å². The first kappa shape index (κ1) is 14.5. The minimum Gasteiger partial charge on any atom is -0.326 e. The van der Waals surface area contributed by atoms with E-state index in [2.05, 4.69) is 33.1 Å². The van der Waals surface area contributed by atoms with Crippen molar-refractivity contribution in [3.8, 4) is 0 Å². The van der Waals surface area contributed by atoms with Crippen LogP contribution in [0, 0.1) is 12.8 Å². The molecule has 0 spiro atoms. The van der Waals surface area contributed by atoms with E-state index in [0.717, 1.165) is 28.8 Å². The Kier molecular flexibility index (Phi) is 4.60. The summed E-state index contributed by atoms with van der Waals surface area (Å²) in [7, 11) is 0. The number of aryl methyl sites for hydroxylation is 1. The molecule has 1 aromatic carbocycles. The molecule has 0 saturated carbocycles. The average Bonchev–Trinajstić information content (AvgIpc) is 2.62. The minimum absolute atomic E-state index is 0.00542. The second-order valence-corrected chi connectivity index (χ2v) is 6.22. The topological polar surface area (TPSA) is 58.4 Å². The maximum Gasteiger partial charge on any atom is 0.238 e. The van der Waals surface area contributed by atoms with Crippen LogP contribution in [0.4, 0.5) is 5.69 Å². The third-order valence-electron chi connectivity index (χ3n) is 3.51. The summed E-state index contributed by atoms with van der Waals surface area (Å²) in [5.74, 6) is 0.463. The zero-order valence-electron chi connectivity index (χ0n) is 11.3. The van der Waals surface area contributed by atoms with Crippen LogP contribution in [0.3, 0.4) is 0 Å². The molecule has 1 saturated heterocycles. The second-order valence-electron chi connectivity index (χ2n) is 5.37. The molecule has 3 N–H and O–H groups in total. The first-order valence-electron chi connectivity index (χ1n) is 6.49. The van der Waals surface area contributed by atoms with E-state index in [1.54, 1.807) is 0 Å². The van der Waals surface area contributed by atoms with Crippen LogP contribution < -0.4 is 11.1 Å². The molecular weight excluding hydrogens is 306 g/mol. The fraction of sp³-hybridized carbons (Fsp3) is 0.500. The van der Waals surface area contributed by atoms with Gasteiger partial charge in [-0.15, -0.1) is 0 Å². The highest BCUT2D eigenvalue weighted by molar-refractivity contribution is 9.10. The van der Waals surface area contributed by atoms with E-state index < -0.39 is 0 Å². The van der Waals surface area contributed by atoms with Gasteiger partial charge in [-0.3, -0.25) is 9.69 Å². The number of anilines is 1. The molecular formula is C14H20BrN3O. The summed E-state index contributed by atoms with van der Waals surface area (Å²) in [5.41, 5.74) is 7.93. The van der Waals surface area contributed by atoms with Crippen molar-refractivity contribution in [3.63, 3.8) is 0 Å². The number of carbonyl (C=O) groups is 1. The molecule has 1 aliphatic heterocycles. The standard InChI is InChI=1S/C14H20BrN3O/c1-9-3-4-13(11(15)5-9)17-14(19)8-18-6-10(2)12(16)7-18/h3-5,10,12H,6-8,16H2,1-2H3,(H,17,19). The van der Waals surface area contributed by atoms with Gasteiger partial charge < -0.3 is 11.1 Å². The van der Waals surface area contributed by atoms with Crippen molar-refractivity contribution in [1.29, 1.82) is 0 Å². The number of nitrogens with one attached hydrogen (secondary N) is 1. The molecule has 0 aromatic heterocycles. The van der Waals surface area contributed by atoms with E-state index >= 15 is 0 Å². The maximum absolute atomic E-state index is 12.0. The van der Waals surface area contributed by atoms with Gasteiger partial charge in [0.15, 0.2) is 0 Å². The number of nitrogens with two attached hydrogens (primary N) is 1. The van der Waals surface area contributed by atoms with Gasteiger partial charge in [0, 0.05) is 23.6 Å². The summed E-state index contributed by atoms with van der Waals surface area (Å²) in [5, 5.41) is 2.93. The third kappa shape index (κ3) is 3.78.